The summed E-state index contributed by atoms with van der Waals surface area (Å²) < 4.78 is 25.4. The summed E-state index contributed by atoms with van der Waals surface area (Å²) >= 11 is 1.45. The highest BCUT2D eigenvalue weighted by atomic mass is 32.2. The van der Waals surface area contributed by atoms with E-state index in [-0.39, 0.29) is 16.6 Å². The minimum Gasteiger partial charge on any atom is -0.319 e. The Morgan fingerprint density at radius 3 is 2.74 bits per heavy atom. The number of nitrogens with zero attached hydrogens (tertiary/aromatic N) is 3. The zero-order valence-corrected chi connectivity index (χ0v) is 19.2. The Kier molecular flexibility index (Phi) is 6.09. The molecule has 0 saturated heterocycles. The van der Waals surface area contributed by atoms with Crippen LogP contribution in [0.1, 0.15) is 25.8 Å². The summed E-state index contributed by atoms with van der Waals surface area (Å²) in [4.78, 5) is 19.5. The van der Waals surface area contributed by atoms with Crippen molar-refractivity contribution in [2.24, 2.45) is 11.1 Å². The number of para-hydroxylation sites is 2. The Hall–Kier alpha value is -2.36. The van der Waals surface area contributed by atoms with E-state index in [0.717, 1.165) is 40.4 Å². The number of hydrogen-bond donors (Lipinski definition) is 1. The molecule has 4 rings (SSSR count). The highest BCUT2D eigenvalue weighted by Crippen LogP contribution is 2.31. The minimum atomic E-state index is -3.76. The molecule has 31 heavy (non-hydrogen) atoms. The largest absolute Gasteiger partial charge is 0.319 e. The van der Waals surface area contributed by atoms with Gasteiger partial charge >= 0.3 is 0 Å². The van der Waals surface area contributed by atoms with Gasteiger partial charge in [-0.3, -0.25) is 4.79 Å². The van der Waals surface area contributed by atoms with Crippen molar-refractivity contribution < 1.29 is 13.2 Å². The third-order valence-electron chi connectivity index (χ3n) is 5.45. The lowest BCUT2D eigenvalue weighted by Gasteiger charge is -2.17. The summed E-state index contributed by atoms with van der Waals surface area (Å²) in [5.74, 6) is 0.819. The van der Waals surface area contributed by atoms with Crippen LogP contribution in [0, 0.1) is 5.92 Å². The third kappa shape index (κ3) is 4.63. The van der Waals surface area contributed by atoms with Crippen LogP contribution in [0.3, 0.4) is 0 Å². The van der Waals surface area contributed by atoms with Crippen LogP contribution in [0.2, 0.25) is 0 Å². The van der Waals surface area contributed by atoms with E-state index in [1.54, 1.807) is 17.0 Å². The van der Waals surface area contributed by atoms with E-state index >= 15 is 0 Å². The highest BCUT2D eigenvalue weighted by Gasteiger charge is 2.26. The molecule has 1 aliphatic heterocycles. The lowest BCUT2D eigenvalue weighted by molar-refractivity contribution is -0.116. The fourth-order valence-electron chi connectivity index (χ4n) is 3.79. The number of carbonyl (C=O) groups is 1. The normalized spacial score (nSPS) is 13.9. The quantitative estimate of drug-likeness (QED) is 0.547. The highest BCUT2D eigenvalue weighted by molar-refractivity contribution is 7.99. The predicted molar refractivity (Wildman–Crippen MR) is 124 cm³/mol. The number of imidazole rings is 1. The van der Waals surface area contributed by atoms with Gasteiger partial charge in [0, 0.05) is 18.8 Å². The number of sulfonamides is 1. The Morgan fingerprint density at radius 1 is 1.23 bits per heavy atom. The number of benzene rings is 2. The fourth-order valence-corrected chi connectivity index (χ4v) is 5.27. The topological polar surface area (TPSA) is 98.3 Å². The molecule has 0 aliphatic carbocycles. The van der Waals surface area contributed by atoms with Gasteiger partial charge < -0.3 is 9.47 Å². The molecule has 0 atom stereocenters. The number of anilines is 1. The van der Waals surface area contributed by atoms with Crippen molar-refractivity contribution in [1.82, 2.24) is 9.55 Å². The zero-order chi connectivity index (χ0) is 22.2. The Bertz CT molecular complexity index is 1230. The molecule has 1 amide bonds. The monoisotopic (exact) mass is 458 g/mol. The van der Waals surface area contributed by atoms with Crippen molar-refractivity contribution in [3.05, 3.63) is 48.0 Å². The smallest absolute Gasteiger partial charge is 0.238 e. The molecule has 2 heterocycles. The van der Waals surface area contributed by atoms with E-state index in [4.69, 9.17) is 10.1 Å². The first-order valence-electron chi connectivity index (χ1n) is 10.3. The predicted octanol–water partition coefficient (Wildman–Crippen LogP) is 3.41. The van der Waals surface area contributed by atoms with E-state index in [0.29, 0.717) is 18.9 Å². The molecule has 1 aliphatic rings. The molecule has 2 aromatic carbocycles. The second-order valence-corrected chi connectivity index (χ2v) is 10.6. The minimum absolute atomic E-state index is 0.0189. The Balaban J connectivity index is 1.51. The Labute approximate surface area is 186 Å². The van der Waals surface area contributed by atoms with Gasteiger partial charge in [-0.2, -0.15) is 0 Å². The standard InChI is InChI=1S/C22H26N4O3S2/c1-15(2)9-11-26-20-6-4-3-5-18(20)24-22(26)30-14-21(27)25-12-10-16-13-17(31(23,28)29)7-8-19(16)25/h3-8,13,15H,9-12,14H2,1-2H3,(H2,23,28,29). The van der Waals surface area contributed by atoms with E-state index in [2.05, 4.69) is 24.5 Å². The van der Waals surface area contributed by atoms with E-state index in [9.17, 15) is 13.2 Å². The maximum atomic E-state index is 13.0. The van der Waals surface area contributed by atoms with Crippen LogP contribution in [0.15, 0.2) is 52.5 Å². The van der Waals surface area contributed by atoms with E-state index in [1.165, 1.54) is 17.8 Å². The summed E-state index contributed by atoms with van der Waals surface area (Å²) in [5, 5.41) is 6.07. The van der Waals surface area contributed by atoms with Crippen LogP contribution in [0.25, 0.3) is 11.0 Å². The van der Waals surface area contributed by atoms with Gasteiger partial charge in [-0.1, -0.05) is 37.7 Å². The number of primary sulfonamides is 1. The zero-order valence-electron chi connectivity index (χ0n) is 17.6. The molecule has 0 fully saturated rings. The lowest BCUT2D eigenvalue weighted by Crippen LogP contribution is -2.30. The molecule has 3 aromatic rings. The first kappa shape index (κ1) is 21.9. The summed E-state index contributed by atoms with van der Waals surface area (Å²) in [6, 6.07) is 12.7. The number of hydrogen-bond acceptors (Lipinski definition) is 5. The van der Waals surface area contributed by atoms with Crippen molar-refractivity contribution >= 4 is 44.4 Å². The fraction of sp³-hybridized carbons (Fsp3) is 0.364. The van der Waals surface area contributed by atoms with Gasteiger partial charge in [-0.15, -0.1) is 0 Å². The number of thioether (sulfide) groups is 1. The van der Waals surface area contributed by atoms with Gasteiger partial charge in [-0.05, 0) is 54.7 Å². The number of carbonyl (C=O) groups excluding carboxylic acids is 1. The summed E-state index contributed by atoms with van der Waals surface area (Å²) in [6.07, 6.45) is 1.65. The molecule has 0 bridgehead atoms. The van der Waals surface area contributed by atoms with Crippen molar-refractivity contribution in [3.8, 4) is 0 Å². The van der Waals surface area contributed by atoms with Crippen molar-refractivity contribution in [3.63, 3.8) is 0 Å². The lowest BCUT2D eigenvalue weighted by atomic mass is 10.1. The van der Waals surface area contributed by atoms with Crippen LogP contribution < -0.4 is 10.0 Å². The number of rotatable bonds is 7. The number of nitrogens with two attached hydrogens (primary N) is 1. The van der Waals surface area contributed by atoms with Crippen LogP contribution >= 0.6 is 11.8 Å². The first-order valence-corrected chi connectivity index (χ1v) is 12.8. The number of aryl methyl sites for hydroxylation is 1. The average Bonchev–Trinajstić information content (AvgIpc) is 3.30. The molecule has 2 N–H and O–H groups in total. The molecule has 0 unspecified atom stereocenters. The van der Waals surface area contributed by atoms with E-state index < -0.39 is 10.0 Å². The summed E-state index contributed by atoms with van der Waals surface area (Å²) in [6.45, 7) is 5.79. The molecular formula is C22H26N4O3S2. The maximum absolute atomic E-state index is 13.0. The van der Waals surface area contributed by atoms with Crippen molar-refractivity contribution in [2.75, 3.05) is 17.2 Å². The van der Waals surface area contributed by atoms with Gasteiger partial charge in [0.1, 0.15) is 0 Å². The molecule has 0 radical (unpaired) electrons. The van der Waals surface area contributed by atoms with Crippen molar-refractivity contribution in [2.45, 2.75) is 43.3 Å². The molecule has 9 heteroatoms. The first-order chi connectivity index (χ1) is 14.7. The average molecular weight is 459 g/mol. The molecule has 7 nitrogen and oxygen atoms in total. The van der Waals surface area contributed by atoms with Gasteiger partial charge in [0.05, 0.1) is 21.7 Å². The Morgan fingerprint density at radius 2 is 2.00 bits per heavy atom. The molecule has 1 aromatic heterocycles. The second-order valence-electron chi connectivity index (χ2n) is 8.14. The summed E-state index contributed by atoms with van der Waals surface area (Å²) in [5.41, 5.74) is 3.60. The van der Waals surface area contributed by atoms with Crippen LogP contribution in [0.4, 0.5) is 5.69 Å². The number of amides is 1. The number of fused-ring (bicyclic) bond motifs is 2. The molecule has 0 saturated carbocycles. The molecule has 164 valence electrons. The SMILES string of the molecule is CC(C)CCn1c(SCC(=O)N2CCc3cc(S(N)(=O)=O)ccc32)nc2ccccc21. The summed E-state index contributed by atoms with van der Waals surface area (Å²) in [7, 11) is -3.76. The maximum Gasteiger partial charge on any atom is 0.238 e. The van der Waals surface area contributed by atoms with E-state index in [1.807, 2.05) is 18.2 Å². The second kappa shape index (κ2) is 8.64. The van der Waals surface area contributed by atoms with Gasteiger partial charge in [-0.25, -0.2) is 18.5 Å². The third-order valence-corrected chi connectivity index (χ3v) is 7.32. The van der Waals surface area contributed by atoms with Crippen molar-refractivity contribution in [1.29, 1.82) is 0 Å². The van der Waals surface area contributed by atoms with Crippen LogP contribution in [-0.2, 0) is 27.8 Å². The van der Waals surface area contributed by atoms with Gasteiger partial charge in [0.2, 0.25) is 15.9 Å². The van der Waals surface area contributed by atoms with Crippen LogP contribution in [0.5, 0.6) is 0 Å². The van der Waals surface area contributed by atoms with Gasteiger partial charge in [0.15, 0.2) is 5.16 Å². The molecule has 0 spiro atoms. The van der Waals surface area contributed by atoms with Gasteiger partial charge in [0.25, 0.3) is 0 Å². The van der Waals surface area contributed by atoms with Crippen LogP contribution in [-0.4, -0.2) is 36.2 Å². The molecular weight excluding hydrogens is 432 g/mol. The number of aromatic nitrogens is 2.